The molecule has 1 saturated heterocycles. The lowest BCUT2D eigenvalue weighted by molar-refractivity contribution is -0.119. The number of likely N-dealkylation sites (tertiary alicyclic amines) is 1. The molecule has 5 rings (SSSR count). The van der Waals surface area contributed by atoms with E-state index in [2.05, 4.69) is 25.2 Å². The van der Waals surface area contributed by atoms with E-state index in [9.17, 15) is 4.79 Å². The third-order valence-electron chi connectivity index (χ3n) is 6.77. The molecule has 0 N–H and O–H groups in total. The molecule has 0 radical (unpaired) electrons. The van der Waals surface area contributed by atoms with Crippen molar-refractivity contribution in [2.45, 2.75) is 45.6 Å². The predicted molar refractivity (Wildman–Crippen MR) is 147 cm³/mol. The lowest BCUT2D eigenvalue weighted by Gasteiger charge is -2.17. The second-order valence-corrected chi connectivity index (χ2v) is 10.1. The van der Waals surface area contributed by atoms with Crippen LogP contribution in [0.3, 0.4) is 0 Å². The van der Waals surface area contributed by atoms with Crippen LogP contribution in [0.1, 0.15) is 43.9 Å². The SMILES string of the molecule is COc1cc2c(Oc3ccc(CC(=O)Cn4cc(C(C)C)nn4)cc3)ncnc2cc1OCCN1CCCC1. The first-order valence-corrected chi connectivity index (χ1v) is 13.3. The summed E-state index contributed by atoms with van der Waals surface area (Å²) < 4.78 is 19.3. The number of carbonyl (C=O) groups is 1. The maximum atomic E-state index is 12.5. The molecule has 204 valence electrons. The average molecular weight is 531 g/mol. The number of carbonyl (C=O) groups excluding carboxylic acids is 1. The Morgan fingerprint density at radius 3 is 2.56 bits per heavy atom. The summed E-state index contributed by atoms with van der Waals surface area (Å²) in [6, 6.07) is 11.1. The summed E-state index contributed by atoms with van der Waals surface area (Å²) in [5.74, 6) is 2.59. The maximum absolute atomic E-state index is 12.5. The molecule has 4 aromatic rings. The van der Waals surface area contributed by atoms with E-state index in [4.69, 9.17) is 14.2 Å². The lowest BCUT2D eigenvalue weighted by atomic mass is 10.1. The van der Waals surface area contributed by atoms with Crippen LogP contribution in [-0.4, -0.2) is 69.0 Å². The Labute approximate surface area is 227 Å². The number of ketones is 1. The van der Waals surface area contributed by atoms with Crippen molar-refractivity contribution in [2.24, 2.45) is 0 Å². The Kier molecular flexibility index (Phi) is 8.31. The van der Waals surface area contributed by atoms with Crippen molar-refractivity contribution in [2.75, 3.05) is 33.4 Å². The van der Waals surface area contributed by atoms with E-state index in [1.54, 1.807) is 11.8 Å². The normalized spacial score (nSPS) is 13.7. The van der Waals surface area contributed by atoms with Gasteiger partial charge in [0.25, 0.3) is 0 Å². The van der Waals surface area contributed by atoms with E-state index >= 15 is 0 Å². The molecule has 2 aromatic heterocycles. The van der Waals surface area contributed by atoms with Crippen LogP contribution in [0.4, 0.5) is 0 Å². The highest BCUT2D eigenvalue weighted by Gasteiger charge is 2.15. The minimum atomic E-state index is 0.0521. The number of aromatic nitrogens is 5. The number of nitrogens with zero attached hydrogens (tertiary/aromatic N) is 6. The summed E-state index contributed by atoms with van der Waals surface area (Å²) >= 11 is 0. The van der Waals surface area contributed by atoms with Crippen molar-refractivity contribution >= 4 is 16.7 Å². The topological polar surface area (TPSA) is 104 Å². The molecular formula is C29H34N6O4. The van der Waals surface area contributed by atoms with Gasteiger partial charge >= 0.3 is 0 Å². The molecule has 0 spiro atoms. The Morgan fingerprint density at radius 1 is 1.05 bits per heavy atom. The average Bonchev–Trinajstić information content (AvgIpc) is 3.62. The van der Waals surface area contributed by atoms with E-state index in [0.717, 1.165) is 30.9 Å². The van der Waals surface area contributed by atoms with Gasteiger partial charge in [0.2, 0.25) is 5.88 Å². The molecule has 0 bridgehead atoms. The second-order valence-electron chi connectivity index (χ2n) is 10.1. The Morgan fingerprint density at radius 2 is 1.85 bits per heavy atom. The zero-order valence-corrected chi connectivity index (χ0v) is 22.7. The first-order chi connectivity index (χ1) is 19.0. The molecule has 0 aliphatic carbocycles. The quantitative estimate of drug-likeness (QED) is 0.263. The van der Waals surface area contributed by atoms with Gasteiger partial charge in [-0.15, -0.1) is 5.10 Å². The first kappa shape index (κ1) is 26.6. The molecule has 0 saturated carbocycles. The van der Waals surface area contributed by atoms with Gasteiger partial charge in [0.1, 0.15) is 25.2 Å². The zero-order valence-electron chi connectivity index (χ0n) is 22.7. The third-order valence-corrected chi connectivity index (χ3v) is 6.77. The number of Topliss-reactive ketones (excluding diaryl/α,β-unsaturated/α-hetero) is 1. The van der Waals surface area contributed by atoms with Gasteiger partial charge in [-0.25, -0.2) is 14.6 Å². The predicted octanol–water partition coefficient (Wildman–Crippen LogP) is 4.43. The van der Waals surface area contributed by atoms with Crippen molar-refractivity contribution in [3.8, 4) is 23.1 Å². The minimum Gasteiger partial charge on any atom is -0.493 e. The fourth-order valence-corrected chi connectivity index (χ4v) is 4.59. The highest BCUT2D eigenvalue weighted by Crippen LogP contribution is 2.36. The summed E-state index contributed by atoms with van der Waals surface area (Å²) in [6.45, 7) is 8.02. The van der Waals surface area contributed by atoms with Crippen LogP contribution in [-0.2, 0) is 17.8 Å². The molecular weight excluding hydrogens is 496 g/mol. The molecule has 1 aliphatic rings. The van der Waals surface area contributed by atoms with Gasteiger partial charge < -0.3 is 14.2 Å². The molecule has 10 nitrogen and oxygen atoms in total. The van der Waals surface area contributed by atoms with Gasteiger partial charge in [-0.1, -0.05) is 31.2 Å². The van der Waals surface area contributed by atoms with Gasteiger partial charge in [-0.05, 0) is 55.6 Å². The monoisotopic (exact) mass is 530 g/mol. The molecule has 1 fully saturated rings. The number of hydrogen-bond acceptors (Lipinski definition) is 9. The molecule has 0 unspecified atom stereocenters. The summed E-state index contributed by atoms with van der Waals surface area (Å²) in [7, 11) is 1.62. The first-order valence-electron chi connectivity index (χ1n) is 13.3. The van der Waals surface area contributed by atoms with Crippen molar-refractivity contribution in [1.29, 1.82) is 0 Å². The minimum absolute atomic E-state index is 0.0521. The van der Waals surface area contributed by atoms with Crippen LogP contribution in [0.5, 0.6) is 23.1 Å². The summed E-state index contributed by atoms with van der Waals surface area (Å²) in [6.07, 6.45) is 6.10. The standard InChI is InChI=1S/C29H34N6O4/c1-20(2)26-18-35(33-32-26)17-22(36)14-21-6-8-23(9-7-21)39-29-24-15-27(37-3)28(16-25(24)30-19-31-29)38-13-12-34-10-4-5-11-34/h6-9,15-16,18-20H,4-5,10-14,17H2,1-3H3. The molecule has 3 heterocycles. The zero-order chi connectivity index (χ0) is 27.2. The Hall–Kier alpha value is -4.05. The van der Waals surface area contributed by atoms with Crippen molar-refractivity contribution in [3.05, 3.63) is 60.2 Å². The van der Waals surface area contributed by atoms with Gasteiger partial charge in [-0.2, -0.15) is 0 Å². The molecule has 39 heavy (non-hydrogen) atoms. The van der Waals surface area contributed by atoms with Crippen LogP contribution in [0.25, 0.3) is 10.9 Å². The fraction of sp³-hybridized carbons (Fsp3) is 0.414. The molecule has 2 aromatic carbocycles. The Bertz CT molecular complexity index is 1410. The van der Waals surface area contributed by atoms with Gasteiger partial charge in [0.15, 0.2) is 17.3 Å². The van der Waals surface area contributed by atoms with Crippen LogP contribution in [0.2, 0.25) is 0 Å². The number of ether oxygens (including phenoxy) is 3. The number of fused-ring (bicyclic) bond motifs is 1. The smallest absolute Gasteiger partial charge is 0.230 e. The van der Waals surface area contributed by atoms with Crippen LogP contribution in [0.15, 0.2) is 48.9 Å². The third kappa shape index (κ3) is 6.69. The van der Waals surface area contributed by atoms with E-state index in [1.807, 2.05) is 56.4 Å². The fourth-order valence-electron chi connectivity index (χ4n) is 4.59. The van der Waals surface area contributed by atoms with Crippen molar-refractivity contribution < 1.29 is 19.0 Å². The molecule has 10 heteroatoms. The summed E-state index contributed by atoms with van der Waals surface area (Å²) in [5.41, 5.74) is 2.47. The molecule has 1 aliphatic heterocycles. The highest BCUT2D eigenvalue weighted by molar-refractivity contribution is 5.87. The van der Waals surface area contributed by atoms with E-state index in [-0.39, 0.29) is 18.2 Å². The van der Waals surface area contributed by atoms with Crippen LogP contribution < -0.4 is 14.2 Å². The van der Waals surface area contributed by atoms with Crippen LogP contribution >= 0.6 is 0 Å². The largest absolute Gasteiger partial charge is 0.493 e. The molecule has 0 atom stereocenters. The summed E-state index contributed by atoms with van der Waals surface area (Å²) in [4.78, 5) is 23.7. The molecule has 0 amide bonds. The van der Waals surface area contributed by atoms with Crippen molar-refractivity contribution in [3.63, 3.8) is 0 Å². The number of methoxy groups -OCH3 is 1. The van der Waals surface area contributed by atoms with E-state index in [0.29, 0.717) is 47.1 Å². The van der Waals surface area contributed by atoms with Crippen LogP contribution in [0, 0.1) is 0 Å². The van der Waals surface area contributed by atoms with Gasteiger partial charge in [0.05, 0.1) is 23.7 Å². The Balaban J connectivity index is 1.23. The van der Waals surface area contributed by atoms with Gasteiger partial charge in [0, 0.05) is 25.2 Å². The summed E-state index contributed by atoms with van der Waals surface area (Å²) in [5, 5.41) is 8.87. The van der Waals surface area contributed by atoms with E-state index in [1.165, 1.54) is 19.2 Å². The number of rotatable bonds is 12. The maximum Gasteiger partial charge on any atom is 0.230 e. The second kappa shape index (κ2) is 12.2. The number of hydrogen-bond donors (Lipinski definition) is 0. The number of benzene rings is 2. The van der Waals surface area contributed by atoms with Crippen molar-refractivity contribution in [1.82, 2.24) is 29.9 Å². The van der Waals surface area contributed by atoms with E-state index < -0.39 is 0 Å². The van der Waals surface area contributed by atoms with Gasteiger partial charge in [-0.3, -0.25) is 9.69 Å². The highest BCUT2D eigenvalue weighted by atomic mass is 16.5. The lowest BCUT2D eigenvalue weighted by Crippen LogP contribution is -2.25.